The first kappa shape index (κ1) is 22.7. The number of hydrogen-bond acceptors (Lipinski definition) is 3. The molecule has 3 rings (SSSR count). The summed E-state index contributed by atoms with van der Waals surface area (Å²) in [5.74, 6) is -0.463. The van der Waals surface area contributed by atoms with Gasteiger partial charge in [0.25, 0.3) is 0 Å². The van der Waals surface area contributed by atoms with Crippen LogP contribution in [0.2, 0.25) is 0 Å². The van der Waals surface area contributed by atoms with Crippen LogP contribution in [0.1, 0.15) is 57.8 Å². The lowest BCUT2D eigenvalue weighted by Crippen LogP contribution is -2.15. The summed E-state index contributed by atoms with van der Waals surface area (Å²) in [6.45, 7) is 0.450. The lowest BCUT2D eigenvalue weighted by Gasteiger charge is -2.21. The minimum absolute atomic E-state index is 0.0571. The number of aliphatic hydroxyl groups excluding tert-OH is 1. The minimum Gasteiger partial charge on any atom is -0.490 e. The van der Waals surface area contributed by atoms with E-state index in [0.717, 1.165) is 43.9 Å². The molecule has 30 heavy (non-hydrogen) atoms. The van der Waals surface area contributed by atoms with Crippen molar-refractivity contribution in [3.8, 4) is 5.75 Å². The Hall–Kier alpha value is -1.95. The maximum Gasteiger partial charge on any atom is 0.303 e. The van der Waals surface area contributed by atoms with Crippen molar-refractivity contribution in [2.24, 2.45) is 23.2 Å². The van der Waals surface area contributed by atoms with Gasteiger partial charge in [-0.15, -0.1) is 0 Å². The number of carboxylic acid groups (broad SMARTS) is 1. The fourth-order valence-corrected chi connectivity index (χ4v) is 4.96. The average molecular weight is 423 g/mol. The molecule has 0 aliphatic heterocycles. The van der Waals surface area contributed by atoms with Gasteiger partial charge in [-0.1, -0.05) is 18.6 Å². The van der Waals surface area contributed by atoms with Crippen LogP contribution >= 0.6 is 0 Å². The van der Waals surface area contributed by atoms with E-state index in [1.165, 1.54) is 12.8 Å². The molecule has 2 aliphatic rings. The zero-order valence-electron chi connectivity index (χ0n) is 17.4. The molecule has 4 atom stereocenters. The van der Waals surface area contributed by atoms with Crippen LogP contribution in [0, 0.1) is 34.8 Å². The predicted octanol–water partition coefficient (Wildman–Crippen LogP) is 5.35. The van der Waals surface area contributed by atoms with E-state index in [-0.39, 0.29) is 24.2 Å². The molecule has 0 radical (unpaired) electrons. The SMILES string of the molecule is O=C(O)CCC1CC1(CO)CC[C@H]1CCC[C@@H]1/C=C/CCOc1cc(F)ccc1F. The fourth-order valence-electron chi connectivity index (χ4n) is 4.96. The van der Waals surface area contributed by atoms with Crippen LogP contribution in [-0.2, 0) is 4.79 Å². The molecular formula is C24H32F2O4. The van der Waals surface area contributed by atoms with Gasteiger partial charge in [0.15, 0.2) is 11.6 Å². The third-order valence-corrected chi connectivity index (χ3v) is 6.93. The van der Waals surface area contributed by atoms with Crippen molar-refractivity contribution in [1.29, 1.82) is 0 Å². The number of aliphatic hydroxyl groups is 1. The van der Waals surface area contributed by atoms with Crippen molar-refractivity contribution < 1.29 is 28.5 Å². The molecule has 0 spiro atoms. The van der Waals surface area contributed by atoms with Gasteiger partial charge < -0.3 is 14.9 Å². The number of aliphatic carboxylic acids is 1. The zero-order valence-corrected chi connectivity index (χ0v) is 17.4. The van der Waals surface area contributed by atoms with Crippen LogP contribution in [0.5, 0.6) is 5.75 Å². The fraction of sp³-hybridized carbons (Fsp3) is 0.625. The lowest BCUT2D eigenvalue weighted by atomic mass is 9.85. The predicted molar refractivity (Wildman–Crippen MR) is 110 cm³/mol. The second kappa shape index (κ2) is 10.4. The summed E-state index contributed by atoms with van der Waals surface area (Å²) in [7, 11) is 0. The smallest absolute Gasteiger partial charge is 0.303 e. The van der Waals surface area contributed by atoms with Crippen molar-refractivity contribution in [2.75, 3.05) is 13.2 Å². The Labute approximate surface area is 176 Å². The van der Waals surface area contributed by atoms with E-state index in [1.807, 2.05) is 0 Å². The van der Waals surface area contributed by atoms with Gasteiger partial charge >= 0.3 is 5.97 Å². The molecule has 0 saturated heterocycles. The lowest BCUT2D eigenvalue weighted by molar-refractivity contribution is -0.137. The molecule has 2 saturated carbocycles. The second-order valence-corrected chi connectivity index (χ2v) is 8.89. The Morgan fingerprint density at radius 2 is 2.10 bits per heavy atom. The Bertz CT molecular complexity index is 751. The third-order valence-electron chi connectivity index (χ3n) is 6.93. The molecule has 0 aromatic heterocycles. The van der Waals surface area contributed by atoms with E-state index in [2.05, 4.69) is 12.2 Å². The quantitative estimate of drug-likeness (QED) is 0.352. The standard InChI is InChI=1S/C24H32F2O4/c25-20-8-9-21(26)22(14-20)30-13-2-1-4-17-5-3-6-18(17)11-12-24(16-27)15-19(24)7-10-23(28)29/h1,4,8-9,14,17-19,27H,2-3,5-7,10-13,15-16H2,(H,28,29)/b4-1+/t17-,18+,19?,24?/m0/s1. The van der Waals surface area contributed by atoms with Crippen LogP contribution in [0.15, 0.2) is 30.4 Å². The average Bonchev–Trinajstić information content (AvgIpc) is 3.25. The number of rotatable bonds is 12. The molecule has 0 heterocycles. The number of hydrogen-bond donors (Lipinski definition) is 2. The van der Waals surface area contributed by atoms with E-state index in [0.29, 0.717) is 37.2 Å². The van der Waals surface area contributed by atoms with Crippen LogP contribution in [-0.4, -0.2) is 29.4 Å². The van der Waals surface area contributed by atoms with E-state index >= 15 is 0 Å². The highest BCUT2D eigenvalue weighted by atomic mass is 19.1. The van der Waals surface area contributed by atoms with Gasteiger partial charge in [-0.05, 0) is 80.2 Å². The van der Waals surface area contributed by atoms with Gasteiger partial charge in [-0.2, -0.15) is 0 Å². The first-order chi connectivity index (χ1) is 14.4. The highest BCUT2D eigenvalue weighted by Gasteiger charge is 2.52. The first-order valence-electron chi connectivity index (χ1n) is 11.0. The Morgan fingerprint density at radius 1 is 1.27 bits per heavy atom. The second-order valence-electron chi connectivity index (χ2n) is 8.89. The summed E-state index contributed by atoms with van der Waals surface area (Å²) in [6, 6.07) is 3.19. The summed E-state index contributed by atoms with van der Waals surface area (Å²) in [4.78, 5) is 10.8. The zero-order chi connectivity index (χ0) is 21.6. The normalized spacial score (nSPS) is 28.2. The highest BCUT2D eigenvalue weighted by molar-refractivity contribution is 5.66. The summed E-state index contributed by atoms with van der Waals surface area (Å²) >= 11 is 0. The topological polar surface area (TPSA) is 66.8 Å². The molecule has 2 N–H and O–H groups in total. The van der Waals surface area contributed by atoms with Crippen molar-refractivity contribution in [2.45, 2.75) is 57.8 Å². The largest absolute Gasteiger partial charge is 0.490 e. The number of allylic oxidation sites excluding steroid dienone is 1. The third kappa shape index (κ3) is 6.03. The maximum atomic E-state index is 13.5. The molecule has 2 unspecified atom stereocenters. The molecule has 166 valence electrons. The maximum absolute atomic E-state index is 13.5. The van der Waals surface area contributed by atoms with Crippen LogP contribution < -0.4 is 4.74 Å². The monoisotopic (exact) mass is 422 g/mol. The summed E-state index contributed by atoms with van der Waals surface area (Å²) in [5.41, 5.74) is -0.0603. The minimum atomic E-state index is -0.765. The van der Waals surface area contributed by atoms with Crippen LogP contribution in [0.25, 0.3) is 0 Å². The van der Waals surface area contributed by atoms with Crippen molar-refractivity contribution in [3.63, 3.8) is 0 Å². The van der Waals surface area contributed by atoms with E-state index in [1.54, 1.807) is 0 Å². The summed E-state index contributed by atoms with van der Waals surface area (Å²) in [5, 5.41) is 18.7. The number of carbonyl (C=O) groups is 1. The van der Waals surface area contributed by atoms with Crippen molar-refractivity contribution >= 4 is 5.97 Å². The molecule has 6 heteroatoms. The molecule has 1 aromatic carbocycles. The molecule has 1 aromatic rings. The van der Waals surface area contributed by atoms with Gasteiger partial charge in [0.2, 0.25) is 0 Å². The number of ether oxygens (including phenoxy) is 1. The van der Waals surface area contributed by atoms with Crippen LogP contribution in [0.4, 0.5) is 8.78 Å². The molecule has 0 bridgehead atoms. The Kier molecular flexibility index (Phi) is 7.87. The molecule has 4 nitrogen and oxygen atoms in total. The Balaban J connectivity index is 1.40. The van der Waals surface area contributed by atoms with Crippen LogP contribution in [0.3, 0.4) is 0 Å². The van der Waals surface area contributed by atoms with E-state index in [4.69, 9.17) is 9.84 Å². The number of halogens is 2. The molecule has 2 aliphatic carbocycles. The number of benzene rings is 1. The number of carboxylic acids is 1. The van der Waals surface area contributed by atoms with Gasteiger partial charge in [-0.25, -0.2) is 8.78 Å². The molecular weight excluding hydrogens is 390 g/mol. The first-order valence-corrected chi connectivity index (χ1v) is 11.0. The van der Waals surface area contributed by atoms with E-state index < -0.39 is 17.6 Å². The molecule has 0 amide bonds. The van der Waals surface area contributed by atoms with Gasteiger partial charge in [0, 0.05) is 19.1 Å². The van der Waals surface area contributed by atoms with Gasteiger partial charge in [-0.3, -0.25) is 4.79 Å². The Morgan fingerprint density at radius 3 is 2.87 bits per heavy atom. The van der Waals surface area contributed by atoms with Crippen molar-refractivity contribution in [1.82, 2.24) is 0 Å². The highest BCUT2D eigenvalue weighted by Crippen LogP contribution is 2.58. The van der Waals surface area contributed by atoms with E-state index in [9.17, 15) is 18.7 Å². The van der Waals surface area contributed by atoms with Crippen molar-refractivity contribution in [3.05, 3.63) is 42.0 Å². The van der Waals surface area contributed by atoms with Gasteiger partial charge in [0.05, 0.1) is 6.61 Å². The molecule has 2 fully saturated rings. The summed E-state index contributed by atoms with van der Waals surface area (Å²) < 4.78 is 32.0. The summed E-state index contributed by atoms with van der Waals surface area (Å²) in [6.07, 6.45) is 12.3. The van der Waals surface area contributed by atoms with Gasteiger partial charge in [0.1, 0.15) is 5.82 Å².